The molecule has 2 N–H and O–H groups in total. The van der Waals surface area contributed by atoms with Crippen molar-refractivity contribution in [3.05, 3.63) is 40.8 Å². The molecule has 1 aromatic heterocycles. The van der Waals surface area contributed by atoms with E-state index in [-0.39, 0.29) is 42.9 Å². The molecule has 1 unspecified atom stereocenters. The van der Waals surface area contributed by atoms with E-state index in [2.05, 4.69) is 15.6 Å². The minimum atomic E-state index is -0.584. The number of hydrogen-bond donors (Lipinski definition) is 2. The van der Waals surface area contributed by atoms with Crippen LogP contribution >= 0.6 is 0 Å². The third-order valence-corrected chi connectivity index (χ3v) is 5.28. The van der Waals surface area contributed by atoms with E-state index in [9.17, 15) is 19.2 Å². The van der Waals surface area contributed by atoms with E-state index >= 15 is 0 Å². The molecule has 1 aliphatic rings. The number of piperidine rings is 1. The van der Waals surface area contributed by atoms with Gasteiger partial charge in [-0.2, -0.15) is 0 Å². The highest BCUT2D eigenvalue weighted by Gasteiger charge is 2.28. The second-order valence-electron chi connectivity index (χ2n) is 9.07. The smallest absolute Gasteiger partial charge is 0.407 e. The summed E-state index contributed by atoms with van der Waals surface area (Å²) in [7, 11) is 0. The Bertz CT molecular complexity index is 1070. The maximum Gasteiger partial charge on any atom is 0.407 e. The van der Waals surface area contributed by atoms with Gasteiger partial charge < -0.3 is 20.3 Å². The summed E-state index contributed by atoms with van der Waals surface area (Å²) >= 11 is 0. The molecule has 10 nitrogen and oxygen atoms in total. The lowest BCUT2D eigenvalue weighted by molar-refractivity contribution is -0.136. The van der Waals surface area contributed by atoms with Crippen molar-refractivity contribution in [2.24, 2.45) is 5.92 Å². The van der Waals surface area contributed by atoms with Gasteiger partial charge in [0, 0.05) is 26.2 Å². The van der Waals surface area contributed by atoms with Gasteiger partial charge in [0.2, 0.25) is 11.8 Å². The van der Waals surface area contributed by atoms with Crippen molar-refractivity contribution in [2.75, 3.05) is 26.2 Å². The average molecular weight is 458 g/mol. The number of amides is 3. The maximum atomic E-state index is 12.9. The molecule has 2 aromatic rings. The van der Waals surface area contributed by atoms with Crippen LogP contribution in [0.15, 0.2) is 35.3 Å². The van der Waals surface area contributed by atoms with Crippen LogP contribution in [-0.2, 0) is 20.9 Å². The van der Waals surface area contributed by atoms with Crippen molar-refractivity contribution in [3.8, 4) is 0 Å². The Morgan fingerprint density at radius 1 is 1.15 bits per heavy atom. The Balaban J connectivity index is 1.51. The molecule has 1 aliphatic heterocycles. The standard InChI is InChI=1S/C23H31N5O5/c1-23(2,3)33-22(32)25-11-10-24-21(31)16-7-6-12-27(14-16)20(30)15-28-18-9-5-4-8-17(18)26-13-19(28)29/h4-5,8-9,13,16H,6-7,10-12,14-15H2,1-3H3,(H,24,31)(H,25,32). The first-order valence-corrected chi connectivity index (χ1v) is 11.1. The number of alkyl carbamates (subject to hydrolysis) is 1. The highest BCUT2D eigenvalue weighted by atomic mass is 16.6. The number of benzene rings is 1. The fourth-order valence-corrected chi connectivity index (χ4v) is 3.74. The lowest BCUT2D eigenvalue weighted by atomic mass is 9.97. The molecule has 3 rings (SSSR count). The molecule has 1 saturated heterocycles. The van der Waals surface area contributed by atoms with E-state index in [1.807, 2.05) is 6.07 Å². The monoisotopic (exact) mass is 457 g/mol. The van der Waals surface area contributed by atoms with Crippen LogP contribution in [0.25, 0.3) is 11.0 Å². The van der Waals surface area contributed by atoms with Gasteiger partial charge in [-0.05, 0) is 45.7 Å². The van der Waals surface area contributed by atoms with E-state index < -0.39 is 11.7 Å². The normalized spacial score (nSPS) is 16.3. The van der Waals surface area contributed by atoms with Crippen LogP contribution in [0.3, 0.4) is 0 Å². The van der Waals surface area contributed by atoms with Crippen molar-refractivity contribution in [3.63, 3.8) is 0 Å². The van der Waals surface area contributed by atoms with E-state index in [4.69, 9.17) is 4.74 Å². The van der Waals surface area contributed by atoms with Gasteiger partial charge in [-0.1, -0.05) is 12.1 Å². The highest BCUT2D eigenvalue weighted by Crippen LogP contribution is 2.17. The average Bonchev–Trinajstić information content (AvgIpc) is 2.77. The number of aromatic nitrogens is 2. The number of hydrogen-bond acceptors (Lipinski definition) is 6. The number of para-hydroxylation sites is 2. The zero-order chi connectivity index (χ0) is 24.0. The molecular weight excluding hydrogens is 426 g/mol. The molecule has 1 atom stereocenters. The number of fused-ring (bicyclic) bond motifs is 1. The molecule has 3 amide bonds. The van der Waals surface area contributed by atoms with Gasteiger partial charge in [-0.15, -0.1) is 0 Å². The van der Waals surface area contributed by atoms with E-state index in [1.54, 1.807) is 43.9 Å². The minimum Gasteiger partial charge on any atom is -0.444 e. The summed E-state index contributed by atoms with van der Waals surface area (Å²) in [6.45, 7) is 6.57. The van der Waals surface area contributed by atoms with Crippen molar-refractivity contribution in [1.82, 2.24) is 25.1 Å². The predicted molar refractivity (Wildman–Crippen MR) is 123 cm³/mol. The third-order valence-electron chi connectivity index (χ3n) is 5.28. The number of ether oxygens (including phenoxy) is 1. The summed E-state index contributed by atoms with van der Waals surface area (Å²) in [6.07, 6.45) is 2.05. The molecule has 0 spiro atoms. The number of nitrogens with one attached hydrogen (secondary N) is 2. The van der Waals surface area contributed by atoms with Crippen molar-refractivity contribution < 1.29 is 19.1 Å². The molecule has 33 heavy (non-hydrogen) atoms. The fraction of sp³-hybridized carbons (Fsp3) is 0.522. The fourth-order valence-electron chi connectivity index (χ4n) is 3.74. The molecule has 10 heteroatoms. The summed E-state index contributed by atoms with van der Waals surface area (Å²) in [5.41, 5.74) is 0.313. The van der Waals surface area contributed by atoms with Gasteiger partial charge in [-0.25, -0.2) is 9.78 Å². The van der Waals surface area contributed by atoms with Crippen LogP contribution in [0.4, 0.5) is 4.79 Å². The predicted octanol–water partition coefficient (Wildman–Crippen LogP) is 1.28. The number of carbonyl (C=O) groups is 3. The Hall–Kier alpha value is -3.43. The van der Waals surface area contributed by atoms with Crippen molar-refractivity contribution in [2.45, 2.75) is 45.8 Å². The molecule has 0 aliphatic carbocycles. The summed E-state index contributed by atoms with van der Waals surface area (Å²) in [4.78, 5) is 55.2. The Labute approximate surface area is 192 Å². The SMILES string of the molecule is CC(C)(C)OC(=O)NCCNC(=O)C1CCCN(C(=O)Cn2c(=O)cnc3ccccc32)C1. The van der Waals surface area contributed by atoms with Crippen LogP contribution < -0.4 is 16.2 Å². The van der Waals surface area contributed by atoms with Gasteiger partial charge >= 0.3 is 6.09 Å². The molecule has 0 saturated carbocycles. The zero-order valence-corrected chi connectivity index (χ0v) is 19.3. The van der Waals surface area contributed by atoms with Gasteiger partial charge in [-0.3, -0.25) is 19.0 Å². The largest absolute Gasteiger partial charge is 0.444 e. The van der Waals surface area contributed by atoms with Crippen molar-refractivity contribution >= 4 is 28.9 Å². The Morgan fingerprint density at radius 2 is 1.88 bits per heavy atom. The van der Waals surface area contributed by atoms with Crippen LogP contribution in [0.2, 0.25) is 0 Å². The molecule has 0 bridgehead atoms. The van der Waals surface area contributed by atoms with Gasteiger partial charge in [0.1, 0.15) is 12.1 Å². The number of likely N-dealkylation sites (tertiary alicyclic amines) is 1. The van der Waals surface area contributed by atoms with E-state index in [0.29, 0.717) is 37.0 Å². The quantitative estimate of drug-likeness (QED) is 0.630. The third kappa shape index (κ3) is 6.77. The summed E-state index contributed by atoms with van der Waals surface area (Å²) in [6, 6.07) is 7.16. The van der Waals surface area contributed by atoms with Gasteiger partial charge in [0.15, 0.2) is 0 Å². The molecule has 178 valence electrons. The Morgan fingerprint density at radius 3 is 2.64 bits per heavy atom. The molecular formula is C23H31N5O5. The number of rotatable bonds is 6. The summed E-state index contributed by atoms with van der Waals surface area (Å²) in [5.74, 6) is -0.710. The van der Waals surface area contributed by atoms with E-state index in [1.165, 1.54) is 10.8 Å². The van der Waals surface area contributed by atoms with Crippen LogP contribution in [-0.4, -0.2) is 64.1 Å². The summed E-state index contributed by atoms with van der Waals surface area (Å²) in [5, 5.41) is 5.40. The first-order chi connectivity index (χ1) is 15.6. The van der Waals surface area contributed by atoms with Crippen LogP contribution in [0.5, 0.6) is 0 Å². The molecule has 1 aromatic carbocycles. The first-order valence-electron chi connectivity index (χ1n) is 11.1. The zero-order valence-electron chi connectivity index (χ0n) is 19.3. The van der Waals surface area contributed by atoms with Crippen LogP contribution in [0.1, 0.15) is 33.6 Å². The second-order valence-corrected chi connectivity index (χ2v) is 9.07. The Kier molecular flexibility index (Phi) is 7.67. The van der Waals surface area contributed by atoms with E-state index in [0.717, 1.165) is 0 Å². The molecule has 0 radical (unpaired) electrons. The van der Waals surface area contributed by atoms with Gasteiger partial charge in [0.25, 0.3) is 5.56 Å². The number of carbonyl (C=O) groups excluding carboxylic acids is 3. The minimum absolute atomic E-state index is 0.101. The first kappa shape index (κ1) is 24.2. The highest BCUT2D eigenvalue weighted by molar-refractivity contribution is 5.82. The lowest BCUT2D eigenvalue weighted by Crippen LogP contribution is -2.48. The molecule has 1 fully saturated rings. The maximum absolute atomic E-state index is 12.9. The number of nitrogens with zero attached hydrogens (tertiary/aromatic N) is 3. The van der Waals surface area contributed by atoms with Crippen molar-refractivity contribution in [1.29, 1.82) is 0 Å². The lowest BCUT2D eigenvalue weighted by Gasteiger charge is -2.32. The molecule has 2 heterocycles. The topological polar surface area (TPSA) is 123 Å². The van der Waals surface area contributed by atoms with Gasteiger partial charge in [0.05, 0.1) is 23.1 Å². The summed E-state index contributed by atoms with van der Waals surface area (Å²) < 4.78 is 6.56. The second kappa shape index (κ2) is 10.5. The van der Waals surface area contributed by atoms with Crippen LogP contribution in [0, 0.1) is 5.92 Å².